The van der Waals surface area contributed by atoms with Crippen LogP contribution in [0.5, 0.6) is 11.5 Å². The standard InChI is InChI=1S/C33H32N2O3/c1-37-24-10-8-21-15-25-33(36)16-23-22-9-7-19-3-2-4-20-11-13-35(28(22)26(19)20)29(23)31-32(33,27(21)30(24)38-31)12-14-34(25)17-18-5-6-18/h2-4,7-10,18,25,31,36H,5-6,11-17H2,1H3/t25-,31+,32+,33-/m1/s1. The van der Waals surface area contributed by atoms with E-state index >= 15 is 0 Å². The van der Waals surface area contributed by atoms with Crippen molar-refractivity contribution >= 4 is 21.7 Å². The third-order valence-electron chi connectivity index (χ3n) is 11.3. The first-order valence-electron chi connectivity index (χ1n) is 14.5. The zero-order valence-electron chi connectivity index (χ0n) is 21.8. The van der Waals surface area contributed by atoms with E-state index in [1.54, 1.807) is 7.11 Å². The van der Waals surface area contributed by atoms with Crippen LogP contribution >= 0.6 is 0 Å². The molecule has 5 nitrogen and oxygen atoms in total. The average Bonchev–Trinajstić information content (AvgIpc) is 3.59. The van der Waals surface area contributed by atoms with Gasteiger partial charge in [0.25, 0.3) is 0 Å². The van der Waals surface area contributed by atoms with Crippen LogP contribution in [0.2, 0.25) is 0 Å². The molecule has 0 amide bonds. The minimum atomic E-state index is -0.871. The SMILES string of the molecule is COc1ccc2c3c1O[C@H]1c4c(c5ccc6cccc7c6c5n4CC7)C[C@@]4(O)[C@@H](C2)N(CC2CC2)CC[C@]314. The van der Waals surface area contributed by atoms with E-state index < -0.39 is 11.0 Å². The molecule has 1 N–H and O–H groups in total. The van der Waals surface area contributed by atoms with Gasteiger partial charge in [0.1, 0.15) is 0 Å². The quantitative estimate of drug-likeness (QED) is 0.424. The van der Waals surface area contributed by atoms with Crippen LogP contribution in [-0.4, -0.2) is 46.4 Å². The number of rotatable bonds is 3. The molecule has 1 spiro atoms. The number of hydrogen-bond donors (Lipinski definition) is 1. The maximum Gasteiger partial charge on any atom is 0.166 e. The van der Waals surface area contributed by atoms with Crippen molar-refractivity contribution < 1.29 is 14.6 Å². The predicted octanol–water partition coefficient (Wildman–Crippen LogP) is 5.06. The number of likely N-dealkylation sites (tertiary alicyclic amines) is 1. The molecule has 4 aromatic rings. The summed E-state index contributed by atoms with van der Waals surface area (Å²) in [6, 6.07) is 15.8. The Labute approximate surface area is 221 Å². The molecule has 1 saturated heterocycles. The fourth-order valence-electron chi connectivity index (χ4n) is 9.61. The van der Waals surface area contributed by atoms with Gasteiger partial charge in [0.2, 0.25) is 0 Å². The highest BCUT2D eigenvalue weighted by Gasteiger charge is 2.73. The molecule has 0 radical (unpaired) electrons. The number of aliphatic hydroxyl groups is 1. The van der Waals surface area contributed by atoms with Gasteiger partial charge in [0.15, 0.2) is 17.6 Å². The zero-order chi connectivity index (χ0) is 25.0. The molecular weight excluding hydrogens is 472 g/mol. The topological polar surface area (TPSA) is 46.9 Å². The van der Waals surface area contributed by atoms with Gasteiger partial charge in [-0.2, -0.15) is 0 Å². The van der Waals surface area contributed by atoms with Crippen LogP contribution in [0.15, 0.2) is 42.5 Å². The minimum Gasteiger partial charge on any atom is -0.493 e. The van der Waals surface area contributed by atoms with E-state index in [1.807, 2.05) is 0 Å². The molecule has 5 heteroatoms. The van der Waals surface area contributed by atoms with E-state index in [2.05, 4.69) is 51.9 Å². The third kappa shape index (κ3) is 2.16. The van der Waals surface area contributed by atoms with Crippen molar-refractivity contribution in [2.24, 2.45) is 5.92 Å². The van der Waals surface area contributed by atoms with Gasteiger partial charge >= 0.3 is 0 Å². The van der Waals surface area contributed by atoms with Crippen molar-refractivity contribution in [3.63, 3.8) is 0 Å². The number of fused-ring (bicyclic) bond motifs is 4. The summed E-state index contributed by atoms with van der Waals surface area (Å²) in [6.07, 6.45) is 6.02. The fourth-order valence-corrected chi connectivity index (χ4v) is 9.61. The van der Waals surface area contributed by atoms with Gasteiger partial charge in [-0.05, 0) is 72.7 Å². The Kier molecular flexibility index (Phi) is 3.61. The summed E-state index contributed by atoms with van der Waals surface area (Å²) >= 11 is 0. The molecule has 2 fully saturated rings. The number of ether oxygens (including phenoxy) is 2. The largest absolute Gasteiger partial charge is 0.493 e. The first-order chi connectivity index (χ1) is 18.6. The number of benzene rings is 3. The van der Waals surface area contributed by atoms with Gasteiger partial charge < -0.3 is 19.1 Å². The highest BCUT2D eigenvalue weighted by molar-refractivity contribution is 6.10. The maximum absolute atomic E-state index is 13.2. The third-order valence-corrected chi connectivity index (χ3v) is 11.3. The van der Waals surface area contributed by atoms with Gasteiger partial charge in [-0.25, -0.2) is 0 Å². The van der Waals surface area contributed by atoms with Crippen LogP contribution in [0, 0.1) is 5.92 Å². The summed E-state index contributed by atoms with van der Waals surface area (Å²) < 4.78 is 15.6. The van der Waals surface area contributed by atoms with Crippen molar-refractivity contribution in [3.8, 4) is 11.5 Å². The second-order valence-corrected chi connectivity index (χ2v) is 12.9. The molecule has 1 saturated carbocycles. The summed E-state index contributed by atoms with van der Waals surface area (Å²) in [4.78, 5) is 2.65. The summed E-state index contributed by atoms with van der Waals surface area (Å²) in [5.74, 6) is 2.49. The molecule has 6 aliphatic rings. The van der Waals surface area contributed by atoms with Crippen LogP contribution < -0.4 is 9.47 Å². The van der Waals surface area contributed by atoms with E-state index in [9.17, 15) is 5.11 Å². The second-order valence-electron chi connectivity index (χ2n) is 12.9. The van der Waals surface area contributed by atoms with E-state index in [4.69, 9.17) is 9.47 Å². The number of hydrogen-bond acceptors (Lipinski definition) is 4. The Morgan fingerprint density at radius 1 is 1.08 bits per heavy atom. The minimum absolute atomic E-state index is 0.113. The molecule has 0 unspecified atom stereocenters. The highest BCUT2D eigenvalue weighted by Crippen LogP contribution is 2.69. The molecule has 2 bridgehead atoms. The Bertz CT molecular complexity index is 1730. The smallest absolute Gasteiger partial charge is 0.166 e. The van der Waals surface area contributed by atoms with Crippen LogP contribution in [0.1, 0.15) is 53.3 Å². The van der Waals surface area contributed by atoms with Crippen molar-refractivity contribution in [2.75, 3.05) is 20.2 Å². The molecular formula is C33H32N2O3. The van der Waals surface area contributed by atoms with E-state index in [1.165, 1.54) is 62.5 Å². The molecule has 4 atom stereocenters. The number of aromatic nitrogens is 1. The first kappa shape index (κ1) is 20.9. The normalized spacial score (nSPS) is 31.9. The lowest BCUT2D eigenvalue weighted by atomic mass is 9.49. The van der Waals surface area contributed by atoms with Crippen LogP contribution in [0.25, 0.3) is 21.7 Å². The van der Waals surface area contributed by atoms with Gasteiger partial charge in [0.05, 0.1) is 29.3 Å². The maximum atomic E-state index is 13.2. The number of methoxy groups -OCH3 is 1. The Morgan fingerprint density at radius 2 is 2.00 bits per heavy atom. The molecule has 3 aromatic carbocycles. The summed E-state index contributed by atoms with van der Waals surface area (Å²) in [6.45, 7) is 3.12. The van der Waals surface area contributed by atoms with Crippen molar-refractivity contribution in [1.29, 1.82) is 0 Å². The Hall–Kier alpha value is -3.02. The molecule has 1 aromatic heterocycles. The average molecular weight is 505 g/mol. The zero-order valence-corrected chi connectivity index (χ0v) is 21.8. The monoisotopic (exact) mass is 504 g/mol. The molecule has 192 valence electrons. The number of aryl methyl sites for hydroxylation is 2. The lowest BCUT2D eigenvalue weighted by molar-refractivity contribution is -0.173. The van der Waals surface area contributed by atoms with Gasteiger partial charge in [-0.1, -0.05) is 36.4 Å². The van der Waals surface area contributed by atoms with Gasteiger partial charge in [0, 0.05) is 41.9 Å². The van der Waals surface area contributed by atoms with Crippen molar-refractivity contribution in [1.82, 2.24) is 9.47 Å². The van der Waals surface area contributed by atoms with E-state index in [0.29, 0.717) is 6.42 Å². The van der Waals surface area contributed by atoms with Crippen LogP contribution in [0.3, 0.4) is 0 Å². The van der Waals surface area contributed by atoms with Gasteiger partial charge in [-0.3, -0.25) is 4.90 Å². The molecule has 3 aliphatic heterocycles. The lowest BCUT2D eigenvalue weighted by Crippen LogP contribution is -2.74. The Balaban J connectivity index is 1.30. The second kappa shape index (κ2) is 6.57. The lowest BCUT2D eigenvalue weighted by Gasteiger charge is -2.63. The highest BCUT2D eigenvalue weighted by atomic mass is 16.5. The van der Waals surface area contributed by atoms with Crippen molar-refractivity contribution in [2.45, 2.75) is 68.2 Å². The van der Waals surface area contributed by atoms with Crippen molar-refractivity contribution in [3.05, 3.63) is 70.4 Å². The van der Waals surface area contributed by atoms with E-state index in [-0.39, 0.29) is 12.1 Å². The summed E-state index contributed by atoms with van der Waals surface area (Å²) in [5, 5.41) is 17.2. The fraction of sp³-hybridized carbons (Fsp3) is 0.455. The van der Waals surface area contributed by atoms with Crippen LogP contribution in [0.4, 0.5) is 0 Å². The Morgan fingerprint density at radius 3 is 2.87 bits per heavy atom. The molecule has 3 aliphatic carbocycles. The molecule has 4 heterocycles. The van der Waals surface area contributed by atoms with E-state index in [0.717, 1.165) is 56.3 Å². The molecule has 38 heavy (non-hydrogen) atoms. The number of piperidine rings is 1. The predicted molar refractivity (Wildman–Crippen MR) is 146 cm³/mol. The van der Waals surface area contributed by atoms with Gasteiger partial charge in [-0.15, -0.1) is 0 Å². The molecule has 10 rings (SSSR count). The summed E-state index contributed by atoms with van der Waals surface area (Å²) in [5.41, 5.74) is 6.71. The first-order valence-corrected chi connectivity index (χ1v) is 14.5. The van der Waals surface area contributed by atoms with Crippen LogP contribution in [-0.2, 0) is 31.2 Å². The number of nitrogens with zero attached hydrogens (tertiary/aromatic N) is 2. The summed E-state index contributed by atoms with van der Waals surface area (Å²) in [7, 11) is 1.74.